The lowest BCUT2D eigenvalue weighted by Gasteiger charge is -2.31. The van der Waals surface area contributed by atoms with Crippen molar-refractivity contribution in [2.75, 3.05) is 0 Å². The van der Waals surface area contributed by atoms with Gasteiger partial charge in [-0.05, 0) is 51.5 Å². The van der Waals surface area contributed by atoms with E-state index in [1.165, 1.54) is 0 Å². The zero-order valence-electron chi connectivity index (χ0n) is 17.0. The largest absolute Gasteiger partial charge is 0.507 e. The second-order valence-electron chi connectivity index (χ2n) is 10.2. The van der Waals surface area contributed by atoms with E-state index in [-0.39, 0.29) is 22.3 Å². The lowest BCUT2D eigenvalue weighted by molar-refractivity contribution is 0.133. The highest BCUT2D eigenvalue weighted by atomic mass is 16.3. The Balaban J connectivity index is 3.39. The topological polar surface area (TPSA) is 66.5 Å². The fourth-order valence-corrected chi connectivity index (χ4v) is 2.72. The van der Waals surface area contributed by atoms with E-state index < -0.39 is 6.10 Å². The molecule has 0 aliphatic carbocycles. The third-order valence-corrected chi connectivity index (χ3v) is 4.72. The van der Waals surface area contributed by atoms with Crippen molar-refractivity contribution in [2.45, 2.75) is 91.7 Å². The summed E-state index contributed by atoms with van der Waals surface area (Å²) in [7, 11) is 0. The normalized spacial score (nSPS) is 16.1. The highest BCUT2D eigenvalue weighted by molar-refractivity contribution is 5.50. The van der Waals surface area contributed by atoms with Crippen LogP contribution in [0.5, 0.6) is 5.75 Å². The Bertz CT molecular complexity index is 536. The zero-order valence-corrected chi connectivity index (χ0v) is 17.0. The van der Waals surface area contributed by atoms with Gasteiger partial charge in [0.1, 0.15) is 5.75 Å². The third-order valence-electron chi connectivity index (χ3n) is 4.72. The molecule has 0 spiro atoms. The van der Waals surface area contributed by atoms with Gasteiger partial charge in [0.2, 0.25) is 0 Å². The number of phenols is 1. The molecule has 2 atom stereocenters. The van der Waals surface area contributed by atoms with Gasteiger partial charge >= 0.3 is 0 Å². The molecule has 1 aromatic carbocycles. The van der Waals surface area contributed by atoms with Gasteiger partial charge in [-0.2, -0.15) is 0 Å². The van der Waals surface area contributed by atoms with Crippen LogP contribution in [0.15, 0.2) is 12.1 Å². The van der Waals surface area contributed by atoms with Crippen LogP contribution in [-0.2, 0) is 10.8 Å². The van der Waals surface area contributed by atoms with Gasteiger partial charge in [0, 0.05) is 6.04 Å². The highest BCUT2D eigenvalue weighted by Gasteiger charge is 2.29. The second-order valence-corrected chi connectivity index (χ2v) is 10.2. The molecule has 24 heavy (non-hydrogen) atoms. The predicted octanol–water partition coefficient (Wildman–Crippen LogP) is 4.78. The van der Waals surface area contributed by atoms with Crippen LogP contribution in [-0.4, -0.2) is 16.3 Å². The van der Waals surface area contributed by atoms with Crippen molar-refractivity contribution < 1.29 is 10.2 Å². The number of aliphatic hydroxyl groups excluding tert-OH is 1. The average Bonchev–Trinajstić information content (AvgIpc) is 2.34. The minimum atomic E-state index is -0.637. The van der Waals surface area contributed by atoms with E-state index in [2.05, 4.69) is 62.3 Å². The molecule has 3 heteroatoms. The zero-order chi connectivity index (χ0) is 19.1. The van der Waals surface area contributed by atoms with Gasteiger partial charge in [0.05, 0.1) is 6.10 Å². The van der Waals surface area contributed by atoms with Crippen molar-refractivity contribution in [3.05, 3.63) is 28.8 Å². The van der Waals surface area contributed by atoms with Gasteiger partial charge in [-0.3, -0.25) is 0 Å². The van der Waals surface area contributed by atoms with Crippen LogP contribution >= 0.6 is 0 Å². The van der Waals surface area contributed by atoms with Crippen LogP contribution in [0.25, 0.3) is 0 Å². The number of benzene rings is 1. The summed E-state index contributed by atoms with van der Waals surface area (Å²) in [5, 5.41) is 21.5. The smallest absolute Gasteiger partial charge is 0.123 e. The molecule has 0 aromatic heterocycles. The fourth-order valence-electron chi connectivity index (χ4n) is 2.72. The van der Waals surface area contributed by atoms with Gasteiger partial charge in [0.15, 0.2) is 0 Å². The SMILES string of the molecule is CC(C)(C)c1cc([C@@H](O)C[C@@H](N)C(C)(C)C)cc(C(C)(C)C)c1O. The number of phenolic OH excluding ortho intramolecular Hbond substituents is 1. The molecule has 3 nitrogen and oxygen atoms in total. The first-order valence-electron chi connectivity index (χ1n) is 8.86. The van der Waals surface area contributed by atoms with Gasteiger partial charge in [0.25, 0.3) is 0 Å². The molecule has 1 rings (SSSR count). The predicted molar refractivity (Wildman–Crippen MR) is 103 cm³/mol. The molecule has 0 radical (unpaired) electrons. The molecule has 0 aliphatic rings. The molecule has 0 aliphatic heterocycles. The molecular weight excluding hydrogens is 298 g/mol. The Hall–Kier alpha value is -1.06. The third kappa shape index (κ3) is 4.97. The monoisotopic (exact) mass is 335 g/mol. The number of hydrogen-bond acceptors (Lipinski definition) is 3. The number of aliphatic hydroxyl groups is 1. The lowest BCUT2D eigenvalue weighted by atomic mass is 9.77. The van der Waals surface area contributed by atoms with Gasteiger partial charge in [-0.1, -0.05) is 62.3 Å². The van der Waals surface area contributed by atoms with Gasteiger partial charge in [-0.25, -0.2) is 0 Å². The van der Waals surface area contributed by atoms with E-state index in [0.29, 0.717) is 12.2 Å². The maximum Gasteiger partial charge on any atom is 0.123 e. The fraction of sp³-hybridized carbons (Fsp3) is 0.714. The van der Waals surface area contributed by atoms with Crippen molar-refractivity contribution >= 4 is 0 Å². The Kier molecular flexibility index (Phi) is 5.84. The minimum Gasteiger partial charge on any atom is -0.507 e. The summed E-state index contributed by atoms with van der Waals surface area (Å²) in [5.41, 5.74) is 8.37. The number of aromatic hydroxyl groups is 1. The van der Waals surface area contributed by atoms with Crippen LogP contribution in [0.4, 0.5) is 0 Å². The van der Waals surface area contributed by atoms with Gasteiger partial charge in [-0.15, -0.1) is 0 Å². The Morgan fingerprint density at radius 2 is 1.25 bits per heavy atom. The summed E-state index contributed by atoms with van der Waals surface area (Å²) in [6.45, 7) is 18.7. The molecule has 0 fully saturated rings. The summed E-state index contributed by atoms with van der Waals surface area (Å²) < 4.78 is 0. The summed E-state index contributed by atoms with van der Waals surface area (Å²) in [5.74, 6) is 0.339. The molecule has 0 unspecified atom stereocenters. The summed E-state index contributed by atoms with van der Waals surface area (Å²) in [4.78, 5) is 0. The molecular formula is C21H37NO2. The number of rotatable bonds is 3. The second kappa shape index (κ2) is 6.68. The molecule has 138 valence electrons. The molecule has 0 saturated carbocycles. The van der Waals surface area contributed by atoms with Crippen LogP contribution in [0.1, 0.15) is 91.5 Å². The van der Waals surface area contributed by atoms with E-state index >= 15 is 0 Å². The quantitative estimate of drug-likeness (QED) is 0.744. The Morgan fingerprint density at radius 3 is 1.54 bits per heavy atom. The first kappa shape index (κ1) is 21.0. The highest BCUT2D eigenvalue weighted by Crippen LogP contribution is 2.41. The first-order valence-corrected chi connectivity index (χ1v) is 8.86. The summed E-state index contributed by atoms with van der Waals surface area (Å²) >= 11 is 0. The molecule has 0 saturated heterocycles. The molecule has 0 heterocycles. The maximum absolute atomic E-state index is 10.8. The lowest BCUT2D eigenvalue weighted by Crippen LogP contribution is -2.36. The minimum absolute atomic E-state index is 0.0579. The van der Waals surface area contributed by atoms with Crippen LogP contribution in [0.2, 0.25) is 0 Å². The van der Waals surface area contributed by atoms with Gasteiger partial charge < -0.3 is 15.9 Å². The Labute approximate surface area is 148 Å². The van der Waals surface area contributed by atoms with Crippen molar-refractivity contribution in [2.24, 2.45) is 11.1 Å². The number of hydrogen-bond donors (Lipinski definition) is 3. The van der Waals surface area contributed by atoms with Crippen LogP contribution in [0.3, 0.4) is 0 Å². The Morgan fingerprint density at radius 1 is 0.875 bits per heavy atom. The molecule has 4 N–H and O–H groups in total. The number of nitrogens with two attached hydrogens (primary N) is 1. The standard InChI is InChI=1S/C21H37NO2/c1-19(2,3)14-10-13(11-15(18(14)24)20(4,5)6)16(23)12-17(22)21(7,8)9/h10-11,16-17,23-24H,12,22H2,1-9H3/t16-,17+/m0/s1. The maximum atomic E-state index is 10.8. The van der Waals surface area contributed by atoms with Crippen molar-refractivity contribution in [3.8, 4) is 5.75 Å². The van der Waals surface area contributed by atoms with Crippen LogP contribution < -0.4 is 5.73 Å². The van der Waals surface area contributed by atoms with E-state index in [1.807, 2.05) is 12.1 Å². The average molecular weight is 336 g/mol. The molecule has 0 amide bonds. The van der Waals surface area contributed by atoms with Crippen LogP contribution in [0, 0.1) is 5.41 Å². The van der Waals surface area contributed by atoms with E-state index in [9.17, 15) is 10.2 Å². The molecule has 0 bridgehead atoms. The van der Waals surface area contributed by atoms with E-state index in [0.717, 1.165) is 16.7 Å². The van der Waals surface area contributed by atoms with Crippen molar-refractivity contribution in [1.29, 1.82) is 0 Å². The van der Waals surface area contributed by atoms with E-state index in [1.54, 1.807) is 0 Å². The summed E-state index contributed by atoms with van der Waals surface area (Å²) in [6.07, 6.45) is -0.136. The van der Waals surface area contributed by atoms with Crippen molar-refractivity contribution in [1.82, 2.24) is 0 Å². The first-order chi connectivity index (χ1) is 10.5. The van der Waals surface area contributed by atoms with Crippen molar-refractivity contribution in [3.63, 3.8) is 0 Å². The van der Waals surface area contributed by atoms with E-state index in [4.69, 9.17) is 5.73 Å². The summed E-state index contributed by atoms with van der Waals surface area (Å²) in [6, 6.07) is 3.77. The molecule has 1 aromatic rings.